The number of halogens is 1. The molecular formula is C9H11ClO2. The van der Waals surface area contributed by atoms with Gasteiger partial charge in [-0.2, -0.15) is 0 Å². The summed E-state index contributed by atoms with van der Waals surface area (Å²) in [7, 11) is 0. The molecule has 0 amide bonds. The summed E-state index contributed by atoms with van der Waals surface area (Å²) in [6.45, 7) is 5.28. The molecule has 0 heterocycles. The Morgan fingerprint density at radius 1 is 1.67 bits per heavy atom. The molecule has 0 spiro atoms. The topological polar surface area (TPSA) is 37.3 Å². The minimum atomic E-state index is -1.04. The van der Waals surface area contributed by atoms with Crippen LogP contribution < -0.4 is 0 Å². The largest absolute Gasteiger partial charge is 0.478 e. The van der Waals surface area contributed by atoms with Crippen LogP contribution in [0, 0.1) is 0 Å². The van der Waals surface area contributed by atoms with Gasteiger partial charge in [0.2, 0.25) is 0 Å². The molecule has 0 aromatic rings. The molecule has 3 heteroatoms. The maximum atomic E-state index is 10.6. The second-order valence-corrected chi connectivity index (χ2v) is 2.49. The van der Waals surface area contributed by atoms with Gasteiger partial charge in [-0.1, -0.05) is 37.3 Å². The van der Waals surface area contributed by atoms with Crippen molar-refractivity contribution < 1.29 is 9.90 Å². The summed E-state index contributed by atoms with van der Waals surface area (Å²) >= 11 is 5.68. The predicted molar refractivity (Wildman–Crippen MR) is 50.1 cm³/mol. The lowest BCUT2D eigenvalue weighted by Crippen LogP contribution is -2.00. The Morgan fingerprint density at radius 3 is 2.58 bits per heavy atom. The van der Waals surface area contributed by atoms with Crippen LogP contribution in [0.1, 0.15) is 13.3 Å². The minimum Gasteiger partial charge on any atom is -0.478 e. The third-order valence-electron chi connectivity index (χ3n) is 1.16. The highest BCUT2D eigenvalue weighted by Crippen LogP contribution is 2.15. The quantitative estimate of drug-likeness (QED) is 0.542. The fraction of sp³-hybridized carbons (Fsp3) is 0.222. The van der Waals surface area contributed by atoms with E-state index in [9.17, 15) is 4.79 Å². The van der Waals surface area contributed by atoms with Crippen molar-refractivity contribution in [1.29, 1.82) is 0 Å². The Kier molecular flexibility index (Phi) is 5.13. The highest BCUT2D eigenvalue weighted by atomic mass is 35.5. The van der Waals surface area contributed by atoms with Crippen molar-refractivity contribution in [2.75, 3.05) is 0 Å². The van der Waals surface area contributed by atoms with Crippen molar-refractivity contribution in [2.45, 2.75) is 13.3 Å². The number of carbonyl (C=O) groups is 1. The SMILES string of the molecule is C=C/C=C(C(=O)O)\C(Cl)=C/CC. The van der Waals surface area contributed by atoms with Crippen LogP contribution in [0.3, 0.4) is 0 Å². The number of carboxylic acids is 1. The van der Waals surface area contributed by atoms with Gasteiger partial charge in [0.15, 0.2) is 0 Å². The van der Waals surface area contributed by atoms with Crippen LogP contribution >= 0.6 is 11.6 Å². The summed E-state index contributed by atoms with van der Waals surface area (Å²) in [5.41, 5.74) is 0.0773. The summed E-state index contributed by atoms with van der Waals surface area (Å²) in [6.07, 6.45) is 5.12. The lowest BCUT2D eigenvalue weighted by molar-refractivity contribution is -0.132. The zero-order valence-corrected chi connectivity index (χ0v) is 7.64. The van der Waals surface area contributed by atoms with Crippen LogP contribution in [0.25, 0.3) is 0 Å². The standard InChI is InChI=1S/C9H11ClO2/c1-3-5-7(9(11)12)8(10)6-4-2/h3,5-6H,1,4H2,2H3,(H,11,12)/b7-5+,8-6+. The lowest BCUT2D eigenvalue weighted by atomic mass is 10.2. The summed E-state index contributed by atoms with van der Waals surface area (Å²) in [5, 5.41) is 8.91. The van der Waals surface area contributed by atoms with Gasteiger partial charge in [0.05, 0.1) is 10.6 Å². The molecule has 0 radical (unpaired) electrons. The predicted octanol–water partition coefficient (Wildman–Crippen LogP) is 2.72. The fourth-order valence-electron chi connectivity index (χ4n) is 0.660. The van der Waals surface area contributed by atoms with Crippen molar-refractivity contribution >= 4 is 17.6 Å². The maximum Gasteiger partial charge on any atom is 0.337 e. The van der Waals surface area contributed by atoms with Gasteiger partial charge >= 0.3 is 5.97 Å². The number of allylic oxidation sites excluding steroid dienone is 3. The van der Waals surface area contributed by atoms with Crippen molar-refractivity contribution in [1.82, 2.24) is 0 Å². The summed E-state index contributed by atoms with van der Waals surface area (Å²) in [5.74, 6) is -1.04. The molecule has 0 saturated carbocycles. The van der Waals surface area contributed by atoms with E-state index in [1.807, 2.05) is 6.92 Å². The Labute approximate surface area is 76.8 Å². The fourth-order valence-corrected chi connectivity index (χ4v) is 0.958. The first-order chi connectivity index (χ1) is 5.63. The van der Waals surface area contributed by atoms with Crippen LogP contribution in [-0.4, -0.2) is 11.1 Å². The van der Waals surface area contributed by atoms with E-state index in [1.54, 1.807) is 6.08 Å². The van der Waals surface area contributed by atoms with Gasteiger partial charge in [0.1, 0.15) is 0 Å². The molecule has 2 nitrogen and oxygen atoms in total. The molecule has 0 aliphatic heterocycles. The zero-order valence-electron chi connectivity index (χ0n) is 6.88. The monoisotopic (exact) mass is 186 g/mol. The molecule has 0 saturated heterocycles. The molecule has 0 fully saturated rings. The van der Waals surface area contributed by atoms with E-state index in [1.165, 1.54) is 12.2 Å². The summed E-state index contributed by atoms with van der Waals surface area (Å²) in [4.78, 5) is 10.6. The van der Waals surface area contributed by atoms with E-state index in [0.717, 1.165) is 0 Å². The molecule has 0 bridgehead atoms. The van der Waals surface area contributed by atoms with Gasteiger partial charge in [-0.15, -0.1) is 0 Å². The third kappa shape index (κ3) is 3.39. The van der Waals surface area contributed by atoms with E-state index in [0.29, 0.717) is 6.42 Å². The molecular weight excluding hydrogens is 176 g/mol. The van der Waals surface area contributed by atoms with Crippen molar-refractivity contribution in [3.8, 4) is 0 Å². The zero-order chi connectivity index (χ0) is 9.56. The van der Waals surface area contributed by atoms with Crippen LogP contribution in [0.4, 0.5) is 0 Å². The van der Waals surface area contributed by atoms with E-state index in [2.05, 4.69) is 6.58 Å². The Morgan fingerprint density at radius 2 is 2.25 bits per heavy atom. The molecule has 0 rings (SSSR count). The second-order valence-electron chi connectivity index (χ2n) is 2.08. The normalized spacial score (nSPS) is 12.8. The number of aliphatic carboxylic acids is 1. The smallest absolute Gasteiger partial charge is 0.337 e. The van der Waals surface area contributed by atoms with E-state index in [4.69, 9.17) is 16.7 Å². The minimum absolute atomic E-state index is 0.0773. The number of hydrogen-bond acceptors (Lipinski definition) is 1. The Hall–Kier alpha value is -1.02. The average molecular weight is 187 g/mol. The first kappa shape index (κ1) is 11.0. The Balaban J connectivity index is 4.75. The second kappa shape index (κ2) is 5.61. The molecule has 0 atom stereocenters. The molecule has 0 aliphatic rings. The van der Waals surface area contributed by atoms with E-state index < -0.39 is 5.97 Å². The molecule has 0 aromatic carbocycles. The van der Waals surface area contributed by atoms with Crippen LogP contribution in [0.5, 0.6) is 0 Å². The molecule has 12 heavy (non-hydrogen) atoms. The number of rotatable bonds is 4. The van der Waals surface area contributed by atoms with Gasteiger partial charge in [-0.05, 0) is 12.5 Å². The Bertz CT molecular complexity index is 239. The van der Waals surface area contributed by atoms with Crippen LogP contribution in [0.15, 0.2) is 35.4 Å². The number of hydrogen-bond donors (Lipinski definition) is 1. The molecule has 0 unspecified atom stereocenters. The highest BCUT2D eigenvalue weighted by Gasteiger charge is 2.08. The van der Waals surface area contributed by atoms with Gasteiger partial charge in [0.25, 0.3) is 0 Å². The van der Waals surface area contributed by atoms with Gasteiger partial charge in [0, 0.05) is 0 Å². The first-order valence-electron chi connectivity index (χ1n) is 3.55. The van der Waals surface area contributed by atoms with Crippen molar-refractivity contribution in [2.24, 2.45) is 0 Å². The molecule has 66 valence electrons. The van der Waals surface area contributed by atoms with Gasteiger partial charge in [-0.3, -0.25) is 0 Å². The molecule has 1 N–H and O–H groups in total. The maximum absolute atomic E-state index is 10.6. The van der Waals surface area contributed by atoms with Gasteiger partial charge in [-0.25, -0.2) is 4.79 Å². The molecule has 0 aromatic heterocycles. The van der Waals surface area contributed by atoms with Crippen molar-refractivity contribution in [3.05, 3.63) is 35.4 Å². The average Bonchev–Trinajstić information content (AvgIpc) is 1.99. The van der Waals surface area contributed by atoms with E-state index >= 15 is 0 Å². The first-order valence-corrected chi connectivity index (χ1v) is 3.93. The molecule has 0 aliphatic carbocycles. The summed E-state index contributed by atoms with van der Waals surface area (Å²) < 4.78 is 0. The summed E-state index contributed by atoms with van der Waals surface area (Å²) in [6, 6.07) is 0. The van der Waals surface area contributed by atoms with Crippen LogP contribution in [-0.2, 0) is 4.79 Å². The number of carboxylic acid groups (broad SMARTS) is 1. The third-order valence-corrected chi connectivity index (χ3v) is 1.51. The highest BCUT2D eigenvalue weighted by molar-refractivity contribution is 6.34. The van der Waals surface area contributed by atoms with Crippen LogP contribution in [0.2, 0.25) is 0 Å². The van der Waals surface area contributed by atoms with Crippen molar-refractivity contribution in [3.63, 3.8) is 0 Å². The van der Waals surface area contributed by atoms with Gasteiger partial charge < -0.3 is 5.11 Å². The van der Waals surface area contributed by atoms with E-state index in [-0.39, 0.29) is 10.6 Å². The lowest BCUT2D eigenvalue weighted by Gasteiger charge is -1.97.